The molecule has 28 heavy (non-hydrogen) atoms. The molecule has 2 atom stereocenters. The fourth-order valence-corrected chi connectivity index (χ4v) is 3.63. The van der Waals surface area contributed by atoms with Crippen molar-refractivity contribution in [2.45, 2.75) is 44.5 Å². The van der Waals surface area contributed by atoms with E-state index in [1.165, 1.54) is 12.1 Å². The molecule has 2 fully saturated rings. The first-order valence-corrected chi connectivity index (χ1v) is 9.33. The van der Waals surface area contributed by atoms with E-state index in [0.717, 1.165) is 31.5 Å². The lowest BCUT2D eigenvalue weighted by molar-refractivity contribution is -0.258. The minimum Gasteiger partial charge on any atom is -0.376 e. The molecule has 1 saturated heterocycles. The van der Waals surface area contributed by atoms with Gasteiger partial charge in [-0.3, -0.25) is 9.69 Å². The van der Waals surface area contributed by atoms with Crippen LogP contribution in [0.4, 0.5) is 13.2 Å². The number of carbonyl (C=O) groups is 1. The molecule has 1 heterocycles. The quantitative estimate of drug-likeness (QED) is 0.851. The summed E-state index contributed by atoms with van der Waals surface area (Å²) in [7, 11) is 0. The van der Waals surface area contributed by atoms with E-state index in [0.29, 0.717) is 26.6 Å². The smallest absolute Gasteiger partial charge is 0.376 e. The van der Waals surface area contributed by atoms with E-state index < -0.39 is 11.8 Å². The molecule has 3 rings (SSSR count). The third-order valence-corrected chi connectivity index (χ3v) is 5.84. The third-order valence-electron chi connectivity index (χ3n) is 5.84. The zero-order valence-electron chi connectivity index (χ0n) is 16.0. The number of rotatable bonds is 4. The molecule has 1 aliphatic heterocycles. The largest absolute Gasteiger partial charge is 0.421 e. The van der Waals surface area contributed by atoms with Crippen LogP contribution in [0.15, 0.2) is 24.3 Å². The number of hydrogen-bond donors (Lipinski definition) is 1. The van der Waals surface area contributed by atoms with Crippen LogP contribution in [-0.4, -0.2) is 59.2 Å². The fourth-order valence-electron chi connectivity index (χ4n) is 3.63. The van der Waals surface area contributed by atoms with Gasteiger partial charge >= 0.3 is 6.18 Å². The van der Waals surface area contributed by atoms with E-state index in [2.05, 4.69) is 11.0 Å². The molecule has 0 spiro atoms. The number of aliphatic hydroxyl groups is 1. The molecular weight excluding hydrogens is 371 g/mol. The van der Waals surface area contributed by atoms with Crippen LogP contribution in [-0.2, 0) is 5.60 Å². The average Bonchev–Trinajstić information content (AvgIpc) is 3.40. The summed E-state index contributed by atoms with van der Waals surface area (Å²) in [6.45, 7) is 5.18. The first kappa shape index (κ1) is 20.6. The van der Waals surface area contributed by atoms with Gasteiger partial charge in [0.1, 0.15) is 0 Å². The number of hydrogen-bond acceptors (Lipinski definition) is 4. The van der Waals surface area contributed by atoms with Gasteiger partial charge in [0, 0.05) is 37.8 Å². The SMILES string of the molecule is C[C@@H]1CN(CC2(C#N)CC2)CCN1C(=O)c1ccc([C@](C)(O)C(F)(F)F)cc1. The number of benzene rings is 1. The highest BCUT2D eigenvalue weighted by Gasteiger charge is 2.51. The lowest BCUT2D eigenvalue weighted by Gasteiger charge is -2.40. The van der Waals surface area contributed by atoms with Crippen LogP contribution in [0.3, 0.4) is 0 Å². The van der Waals surface area contributed by atoms with Gasteiger partial charge in [0.25, 0.3) is 5.91 Å². The van der Waals surface area contributed by atoms with E-state index in [1.54, 1.807) is 4.90 Å². The predicted molar refractivity (Wildman–Crippen MR) is 96.3 cm³/mol. The number of halogens is 3. The lowest BCUT2D eigenvalue weighted by atomic mass is 9.94. The molecule has 152 valence electrons. The Labute approximate surface area is 162 Å². The normalized spacial score (nSPS) is 24.3. The molecule has 1 aromatic rings. The summed E-state index contributed by atoms with van der Waals surface area (Å²) < 4.78 is 38.9. The van der Waals surface area contributed by atoms with Crippen molar-refractivity contribution in [2.24, 2.45) is 5.41 Å². The van der Waals surface area contributed by atoms with Crippen LogP contribution < -0.4 is 0 Å². The van der Waals surface area contributed by atoms with Crippen LogP contribution in [0.1, 0.15) is 42.6 Å². The second kappa shape index (κ2) is 7.05. The molecule has 1 N–H and O–H groups in total. The summed E-state index contributed by atoms with van der Waals surface area (Å²) in [4.78, 5) is 16.7. The number of nitrogens with zero attached hydrogens (tertiary/aromatic N) is 3. The molecule has 0 bridgehead atoms. The van der Waals surface area contributed by atoms with E-state index in [-0.39, 0.29) is 28.5 Å². The maximum Gasteiger partial charge on any atom is 0.421 e. The maximum atomic E-state index is 13.0. The van der Waals surface area contributed by atoms with Gasteiger partial charge in [-0.2, -0.15) is 18.4 Å². The molecule has 8 heteroatoms. The third kappa shape index (κ3) is 3.87. The number of piperazine rings is 1. The molecule has 1 aliphatic carbocycles. The van der Waals surface area contributed by atoms with Crippen molar-refractivity contribution in [3.05, 3.63) is 35.4 Å². The van der Waals surface area contributed by atoms with Crippen molar-refractivity contribution in [3.63, 3.8) is 0 Å². The number of amides is 1. The Bertz CT molecular complexity index is 779. The minimum atomic E-state index is -4.80. The summed E-state index contributed by atoms with van der Waals surface area (Å²) >= 11 is 0. The van der Waals surface area contributed by atoms with Crippen molar-refractivity contribution in [3.8, 4) is 6.07 Å². The van der Waals surface area contributed by atoms with Gasteiger partial charge in [-0.15, -0.1) is 0 Å². The highest BCUT2D eigenvalue weighted by molar-refractivity contribution is 5.94. The molecule has 2 aliphatic rings. The Morgan fingerprint density at radius 1 is 1.29 bits per heavy atom. The van der Waals surface area contributed by atoms with Crippen molar-refractivity contribution < 1.29 is 23.1 Å². The van der Waals surface area contributed by atoms with Gasteiger partial charge in [-0.05, 0) is 44.4 Å². The van der Waals surface area contributed by atoms with Crippen molar-refractivity contribution in [2.75, 3.05) is 26.2 Å². The Balaban J connectivity index is 1.65. The van der Waals surface area contributed by atoms with E-state index in [1.807, 2.05) is 6.92 Å². The molecule has 0 radical (unpaired) electrons. The summed E-state index contributed by atoms with van der Waals surface area (Å²) in [6, 6.07) is 7.26. The lowest BCUT2D eigenvalue weighted by Crippen LogP contribution is -2.54. The molecule has 0 unspecified atom stereocenters. The molecule has 1 saturated carbocycles. The second-order valence-electron chi connectivity index (χ2n) is 8.12. The molecule has 1 aromatic carbocycles. The zero-order chi connectivity index (χ0) is 20.7. The van der Waals surface area contributed by atoms with Gasteiger partial charge in [-0.1, -0.05) is 12.1 Å². The van der Waals surface area contributed by atoms with E-state index in [4.69, 9.17) is 0 Å². The van der Waals surface area contributed by atoms with Gasteiger partial charge in [0.2, 0.25) is 0 Å². The fraction of sp³-hybridized carbons (Fsp3) is 0.600. The van der Waals surface area contributed by atoms with Crippen LogP contribution >= 0.6 is 0 Å². The van der Waals surface area contributed by atoms with Crippen molar-refractivity contribution in [1.29, 1.82) is 5.26 Å². The Kier molecular flexibility index (Phi) is 5.19. The Morgan fingerprint density at radius 3 is 2.36 bits per heavy atom. The molecule has 1 amide bonds. The maximum absolute atomic E-state index is 13.0. The Morgan fingerprint density at radius 2 is 1.89 bits per heavy atom. The van der Waals surface area contributed by atoms with Gasteiger partial charge in [-0.25, -0.2) is 0 Å². The summed E-state index contributed by atoms with van der Waals surface area (Å²) in [5.41, 5.74) is -3.21. The van der Waals surface area contributed by atoms with Crippen molar-refractivity contribution in [1.82, 2.24) is 9.80 Å². The van der Waals surface area contributed by atoms with E-state index >= 15 is 0 Å². The summed E-state index contributed by atoms with van der Waals surface area (Å²) in [5, 5.41) is 19.0. The van der Waals surface area contributed by atoms with E-state index in [9.17, 15) is 28.3 Å². The first-order chi connectivity index (χ1) is 13.0. The van der Waals surface area contributed by atoms with Crippen LogP contribution in [0.25, 0.3) is 0 Å². The monoisotopic (exact) mass is 395 g/mol. The van der Waals surface area contributed by atoms with Crippen LogP contribution in [0.5, 0.6) is 0 Å². The standard InChI is InChI=1S/C20H24F3N3O2/c1-14-11-25(13-19(12-24)7-8-19)9-10-26(14)17(27)15-3-5-16(6-4-15)18(2,28)20(21,22)23/h3-6,14,28H,7-11,13H2,1-2H3/t14-,18+/m1/s1. The zero-order valence-corrected chi connectivity index (χ0v) is 16.0. The number of nitriles is 1. The van der Waals surface area contributed by atoms with Gasteiger partial charge < -0.3 is 10.0 Å². The molecule has 5 nitrogen and oxygen atoms in total. The van der Waals surface area contributed by atoms with Crippen LogP contribution in [0, 0.1) is 16.7 Å². The molecule has 0 aromatic heterocycles. The number of alkyl halides is 3. The highest BCUT2D eigenvalue weighted by Crippen LogP contribution is 2.45. The Hall–Kier alpha value is -2.11. The summed E-state index contributed by atoms with van der Waals surface area (Å²) in [5.74, 6) is -0.244. The minimum absolute atomic E-state index is 0.0614. The number of carbonyl (C=O) groups excluding carboxylic acids is 1. The predicted octanol–water partition coefficient (Wildman–Crippen LogP) is 2.91. The highest BCUT2D eigenvalue weighted by atomic mass is 19.4. The van der Waals surface area contributed by atoms with Crippen molar-refractivity contribution >= 4 is 5.91 Å². The van der Waals surface area contributed by atoms with Gasteiger partial charge in [0.05, 0.1) is 11.5 Å². The second-order valence-corrected chi connectivity index (χ2v) is 8.12. The average molecular weight is 395 g/mol. The van der Waals surface area contributed by atoms with Crippen LogP contribution in [0.2, 0.25) is 0 Å². The van der Waals surface area contributed by atoms with Gasteiger partial charge in [0.15, 0.2) is 5.60 Å². The summed E-state index contributed by atoms with van der Waals surface area (Å²) in [6.07, 6.45) is -2.96. The molecular formula is C20H24F3N3O2. The first-order valence-electron chi connectivity index (χ1n) is 9.33. The topological polar surface area (TPSA) is 67.6 Å².